The average molecular weight is 157 g/mol. The van der Waals surface area contributed by atoms with E-state index < -0.39 is 0 Å². The molecule has 0 aromatic heterocycles. The van der Waals surface area contributed by atoms with Gasteiger partial charge in [0.2, 0.25) is 0 Å². The predicted molar refractivity (Wildman–Crippen MR) is 47.4 cm³/mol. The molecule has 11 heavy (non-hydrogen) atoms. The van der Waals surface area contributed by atoms with E-state index in [4.69, 9.17) is 5.73 Å². The van der Waals surface area contributed by atoms with Crippen LogP contribution in [-0.4, -0.2) is 49.7 Å². The van der Waals surface area contributed by atoms with Crippen molar-refractivity contribution in [2.75, 3.05) is 39.9 Å². The number of hydrogen-bond donors (Lipinski definition) is 1. The van der Waals surface area contributed by atoms with Gasteiger partial charge < -0.3 is 5.73 Å². The second-order valence-corrected chi connectivity index (χ2v) is 3.33. The van der Waals surface area contributed by atoms with E-state index in [-0.39, 0.29) is 0 Å². The molecular weight excluding hydrogens is 138 g/mol. The lowest BCUT2D eigenvalue weighted by atomic mass is 10.3. The van der Waals surface area contributed by atoms with Crippen molar-refractivity contribution in [3.63, 3.8) is 0 Å². The van der Waals surface area contributed by atoms with Gasteiger partial charge in [-0.1, -0.05) is 0 Å². The van der Waals surface area contributed by atoms with Gasteiger partial charge in [0.05, 0.1) is 6.67 Å². The van der Waals surface area contributed by atoms with Crippen molar-refractivity contribution in [1.29, 1.82) is 0 Å². The Morgan fingerprint density at radius 1 is 1.36 bits per heavy atom. The number of hydrogen-bond acceptors (Lipinski definition) is 3. The SMILES string of the molecule is CN1CCCN(CCCN)C1. The minimum atomic E-state index is 0.820. The molecule has 0 amide bonds. The highest BCUT2D eigenvalue weighted by Crippen LogP contribution is 2.03. The molecule has 1 heterocycles. The maximum Gasteiger partial charge on any atom is 0.0503 e. The third-order valence-corrected chi connectivity index (χ3v) is 2.13. The Hall–Kier alpha value is -0.120. The Labute approximate surface area is 69.1 Å². The van der Waals surface area contributed by atoms with Crippen LogP contribution in [0.1, 0.15) is 12.8 Å². The summed E-state index contributed by atoms with van der Waals surface area (Å²) in [5.74, 6) is 0. The van der Waals surface area contributed by atoms with E-state index in [9.17, 15) is 0 Å². The van der Waals surface area contributed by atoms with Crippen molar-refractivity contribution >= 4 is 0 Å². The summed E-state index contributed by atoms with van der Waals surface area (Å²) in [6, 6.07) is 0. The lowest BCUT2D eigenvalue weighted by molar-refractivity contribution is 0.107. The summed E-state index contributed by atoms with van der Waals surface area (Å²) < 4.78 is 0. The number of nitrogens with two attached hydrogens (primary N) is 1. The normalized spacial score (nSPS) is 22.4. The van der Waals surface area contributed by atoms with Crippen LogP contribution in [0.4, 0.5) is 0 Å². The zero-order chi connectivity index (χ0) is 8.10. The molecule has 1 aliphatic rings. The Morgan fingerprint density at radius 2 is 2.18 bits per heavy atom. The van der Waals surface area contributed by atoms with Crippen LogP contribution in [0.15, 0.2) is 0 Å². The van der Waals surface area contributed by atoms with Gasteiger partial charge in [-0.15, -0.1) is 0 Å². The third-order valence-electron chi connectivity index (χ3n) is 2.13. The molecule has 0 aromatic rings. The van der Waals surface area contributed by atoms with E-state index in [0.717, 1.165) is 19.6 Å². The molecule has 0 spiro atoms. The van der Waals surface area contributed by atoms with Gasteiger partial charge in [-0.3, -0.25) is 9.80 Å². The summed E-state index contributed by atoms with van der Waals surface area (Å²) in [6.07, 6.45) is 2.44. The van der Waals surface area contributed by atoms with Crippen LogP contribution < -0.4 is 5.73 Å². The zero-order valence-corrected chi connectivity index (χ0v) is 7.42. The maximum absolute atomic E-state index is 5.44. The first-order valence-electron chi connectivity index (χ1n) is 4.44. The first-order chi connectivity index (χ1) is 5.33. The molecule has 3 nitrogen and oxygen atoms in total. The topological polar surface area (TPSA) is 32.5 Å². The van der Waals surface area contributed by atoms with Crippen LogP contribution in [0.25, 0.3) is 0 Å². The maximum atomic E-state index is 5.44. The van der Waals surface area contributed by atoms with Crippen molar-refractivity contribution in [3.05, 3.63) is 0 Å². The summed E-state index contributed by atoms with van der Waals surface area (Å²) >= 11 is 0. The van der Waals surface area contributed by atoms with Gasteiger partial charge in [-0.2, -0.15) is 0 Å². The third kappa shape index (κ3) is 3.18. The molecule has 0 radical (unpaired) electrons. The summed E-state index contributed by atoms with van der Waals surface area (Å²) in [6.45, 7) is 5.62. The second-order valence-electron chi connectivity index (χ2n) is 3.33. The monoisotopic (exact) mass is 157 g/mol. The molecule has 2 N–H and O–H groups in total. The van der Waals surface area contributed by atoms with E-state index in [2.05, 4.69) is 16.8 Å². The molecular formula is C8H19N3. The number of rotatable bonds is 3. The van der Waals surface area contributed by atoms with Gasteiger partial charge in [-0.05, 0) is 26.4 Å². The molecule has 66 valence electrons. The quantitative estimate of drug-likeness (QED) is 0.622. The van der Waals surface area contributed by atoms with Crippen molar-refractivity contribution in [1.82, 2.24) is 9.80 Å². The van der Waals surface area contributed by atoms with Crippen molar-refractivity contribution in [2.45, 2.75) is 12.8 Å². The zero-order valence-electron chi connectivity index (χ0n) is 7.42. The fourth-order valence-corrected chi connectivity index (χ4v) is 1.54. The summed E-state index contributed by atoms with van der Waals surface area (Å²) in [5.41, 5.74) is 5.44. The van der Waals surface area contributed by atoms with Gasteiger partial charge >= 0.3 is 0 Å². The molecule has 1 aliphatic heterocycles. The average Bonchev–Trinajstić information content (AvgIpc) is 2.01. The van der Waals surface area contributed by atoms with Crippen LogP contribution in [0.3, 0.4) is 0 Å². The first-order valence-corrected chi connectivity index (χ1v) is 4.44. The van der Waals surface area contributed by atoms with E-state index in [1.807, 2.05) is 0 Å². The molecule has 1 rings (SSSR count). The summed E-state index contributed by atoms with van der Waals surface area (Å²) in [4.78, 5) is 4.83. The van der Waals surface area contributed by atoms with Gasteiger partial charge in [0.1, 0.15) is 0 Å². The Kier molecular flexibility index (Phi) is 3.83. The Balaban J connectivity index is 2.12. The molecule has 0 bridgehead atoms. The van der Waals surface area contributed by atoms with E-state index in [0.29, 0.717) is 0 Å². The van der Waals surface area contributed by atoms with Crippen LogP contribution in [0.2, 0.25) is 0 Å². The largest absolute Gasteiger partial charge is 0.330 e. The Morgan fingerprint density at radius 3 is 2.82 bits per heavy atom. The molecule has 0 unspecified atom stereocenters. The second kappa shape index (κ2) is 4.70. The smallest absolute Gasteiger partial charge is 0.0503 e. The molecule has 3 heteroatoms. The van der Waals surface area contributed by atoms with Gasteiger partial charge in [0.15, 0.2) is 0 Å². The minimum absolute atomic E-state index is 0.820. The van der Waals surface area contributed by atoms with E-state index in [1.165, 1.54) is 26.1 Å². The minimum Gasteiger partial charge on any atom is -0.330 e. The van der Waals surface area contributed by atoms with E-state index >= 15 is 0 Å². The van der Waals surface area contributed by atoms with Crippen molar-refractivity contribution in [2.24, 2.45) is 5.73 Å². The van der Waals surface area contributed by atoms with E-state index in [1.54, 1.807) is 0 Å². The fraction of sp³-hybridized carbons (Fsp3) is 1.00. The highest BCUT2D eigenvalue weighted by atomic mass is 15.3. The lowest BCUT2D eigenvalue weighted by Gasteiger charge is -2.32. The van der Waals surface area contributed by atoms with Gasteiger partial charge in [-0.25, -0.2) is 0 Å². The molecule has 0 aromatic carbocycles. The van der Waals surface area contributed by atoms with Gasteiger partial charge in [0, 0.05) is 19.6 Å². The van der Waals surface area contributed by atoms with Crippen molar-refractivity contribution in [3.8, 4) is 0 Å². The molecule has 0 saturated carbocycles. The lowest BCUT2D eigenvalue weighted by Crippen LogP contribution is -2.43. The Bertz CT molecular complexity index is 106. The molecule has 1 saturated heterocycles. The summed E-state index contributed by atoms with van der Waals surface area (Å²) in [5, 5.41) is 0. The van der Waals surface area contributed by atoms with Gasteiger partial charge in [0.25, 0.3) is 0 Å². The standard InChI is InChI=1S/C8H19N3/c1-10-5-3-7-11(8-10)6-2-4-9/h2-9H2,1H3. The van der Waals surface area contributed by atoms with Crippen LogP contribution in [-0.2, 0) is 0 Å². The van der Waals surface area contributed by atoms with Crippen LogP contribution >= 0.6 is 0 Å². The molecule has 1 fully saturated rings. The molecule has 0 aliphatic carbocycles. The molecule has 0 atom stereocenters. The predicted octanol–water partition coefficient (Wildman–Crippen LogP) is -0.0698. The van der Waals surface area contributed by atoms with Crippen molar-refractivity contribution < 1.29 is 0 Å². The van der Waals surface area contributed by atoms with Crippen LogP contribution in [0.5, 0.6) is 0 Å². The highest BCUT2D eigenvalue weighted by molar-refractivity contribution is 4.65. The first kappa shape index (κ1) is 8.97. The summed E-state index contributed by atoms with van der Waals surface area (Å²) in [7, 11) is 2.18. The number of nitrogens with zero attached hydrogens (tertiary/aromatic N) is 2. The highest BCUT2D eigenvalue weighted by Gasteiger charge is 2.12. The van der Waals surface area contributed by atoms with Crippen LogP contribution in [0, 0.1) is 0 Å². The fourth-order valence-electron chi connectivity index (χ4n) is 1.54.